The van der Waals surface area contributed by atoms with Gasteiger partial charge in [-0.15, -0.1) is 18.3 Å². The van der Waals surface area contributed by atoms with E-state index < -0.39 is 11.2 Å². The van der Waals surface area contributed by atoms with Gasteiger partial charge in [0.25, 0.3) is 5.91 Å². The number of nitrogens with zero attached hydrogens (tertiary/aromatic N) is 1. The first-order chi connectivity index (χ1) is 15.5. The van der Waals surface area contributed by atoms with Gasteiger partial charge in [-0.1, -0.05) is 30.9 Å². The lowest BCUT2D eigenvalue weighted by atomic mass is 10.1. The van der Waals surface area contributed by atoms with Gasteiger partial charge in [-0.25, -0.2) is 5.48 Å². The zero-order chi connectivity index (χ0) is 22.9. The molecule has 0 spiro atoms. The molecule has 1 N–H and O–H groups in total. The third-order valence-electron chi connectivity index (χ3n) is 4.67. The number of carbonyl (C=O) groups excluding carboxylic acids is 2. The van der Waals surface area contributed by atoms with Crippen LogP contribution in [0.4, 0.5) is 5.69 Å². The maximum atomic E-state index is 13.3. The third-order valence-corrected chi connectivity index (χ3v) is 5.90. The van der Waals surface area contributed by atoms with E-state index in [4.69, 9.17) is 14.3 Å². The summed E-state index contributed by atoms with van der Waals surface area (Å²) >= 11 is 1.47. The van der Waals surface area contributed by atoms with E-state index in [1.54, 1.807) is 25.3 Å². The second-order valence-electron chi connectivity index (χ2n) is 6.94. The van der Waals surface area contributed by atoms with Crippen LogP contribution in [0.25, 0.3) is 0 Å². The monoisotopic (exact) mass is 454 g/mol. The molecule has 32 heavy (non-hydrogen) atoms. The van der Waals surface area contributed by atoms with Gasteiger partial charge in [0.1, 0.15) is 24.7 Å². The Morgan fingerprint density at radius 1 is 1.12 bits per heavy atom. The Labute approximate surface area is 192 Å². The van der Waals surface area contributed by atoms with Crippen molar-refractivity contribution in [3.8, 4) is 11.5 Å². The minimum atomic E-state index is -0.423. The molecule has 0 saturated heterocycles. The normalized spacial score (nSPS) is 15.0. The number of nitrogens with one attached hydrogen (secondary N) is 1. The van der Waals surface area contributed by atoms with Gasteiger partial charge in [-0.05, 0) is 42.3 Å². The number of rotatable bonds is 11. The van der Waals surface area contributed by atoms with Gasteiger partial charge in [0.05, 0.1) is 24.7 Å². The fraction of sp³-hybridized carbons (Fsp3) is 0.250. The largest absolute Gasteiger partial charge is 0.497 e. The molecule has 0 saturated carbocycles. The number of thioether (sulfide) groups is 1. The fourth-order valence-corrected chi connectivity index (χ4v) is 4.47. The Bertz CT molecular complexity index is 977. The number of methoxy groups -OCH3 is 1. The average Bonchev–Trinajstić information content (AvgIpc) is 2.81. The number of anilines is 1. The van der Waals surface area contributed by atoms with Gasteiger partial charge < -0.3 is 14.4 Å². The number of fused-ring (bicyclic) bond motifs is 1. The first kappa shape index (κ1) is 23.4. The average molecular weight is 455 g/mol. The number of ether oxygens (including phenoxy) is 2. The Balaban J connectivity index is 1.84. The van der Waals surface area contributed by atoms with Crippen molar-refractivity contribution >= 4 is 29.3 Å². The molecule has 7 nitrogen and oxygen atoms in total. The molecule has 0 fully saturated rings. The van der Waals surface area contributed by atoms with E-state index in [9.17, 15) is 9.59 Å². The van der Waals surface area contributed by atoms with Crippen LogP contribution in [0.15, 0.2) is 72.7 Å². The fourth-order valence-electron chi connectivity index (χ4n) is 3.18. The van der Waals surface area contributed by atoms with Crippen LogP contribution in [0.2, 0.25) is 0 Å². The predicted molar refractivity (Wildman–Crippen MR) is 125 cm³/mol. The maximum absolute atomic E-state index is 13.3. The molecule has 2 aromatic carbocycles. The van der Waals surface area contributed by atoms with Crippen molar-refractivity contribution < 1.29 is 23.9 Å². The Morgan fingerprint density at radius 2 is 1.84 bits per heavy atom. The van der Waals surface area contributed by atoms with Crippen LogP contribution in [0, 0.1) is 0 Å². The highest BCUT2D eigenvalue weighted by molar-refractivity contribution is 8.01. The lowest BCUT2D eigenvalue weighted by Crippen LogP contribution is -2.47. The summed E-state index contributed by atoms with van der Waals surface area (Å²) in [6.45, 7) is 7.60. The minimum absolute atomic E-state index is 0.142. The molecule has 1 aliphatic heterocycles. The summed E-state index contributed by atoms with van der Waals surface area (Å²) in [5.74, 6) is 0.862. The minimum Gasteiger partial charge on any atom is -0.497 e. The van der Waals surface area contributed by atoms with Crippen LogP contribution in [-0.2, 0) is 20.8 Å². The second kappa shape index (κ2) is 11.4. The first-order valence-electron chi connectivity index (χ1n) is 10.1. The number of hydrogen-bond acceptors (Lipinski definition) is 6. The quantitative estimate of drug-likeness (QED) is 0.318. The first-order valence-corrected chi connectivity index (χ1v) is 10.9. The molecule has 168 valence electrons. The third kappa shape index (κ3) is 5.93. The van der Waals surface area contributed by atoms with Crippen LogP contribution in [0.3, 0.4) is 0 Å². The number of hydroxylamine groups is 1. The molecule has 1 atom stereocenters. The lowest BCUT2D eigenvalue weighted by Gasteiger charge is -2.33. The highest BCUT2D eigenvalue weighted by Gasteiger charge is 2.35. The summed E-state index contributed by atoms with van der Waals surface area (Å²) in [6.07, 6.45) is 3.70. The van der Waals surface area contributed by atoms with Gasteiger partial charge in [0, 0.05) is 4.90 Å². The molecule has 0 bridgehead atoms. The highest BCUT2D eigenvalue weighted by Crippen LogP contribution is 2.42. The number of benzene rings is 2. The molecule has 8 heteroatoms. The SMILES string of the molecule is C=CCONC(=O)CN1C(=O)C(Cc2ccc(OC)cc2)Sc2cc(OCC=C)ccc21. The van der Waals surface area contributed by atoms with E-state index in [-0.39, 0.29) is 19.1 Å². The summed E-state index contributed by atoms with van der Waals surface area (Å²) in [5, 5.41) is -0.396. The zero-order valence-corrected chi connectivity index (χ0v) is 18.7. The summed E-state index contributed by atoms with van der Waals surface area (Å²) in [4.78, 5) is 33.1. The molecule has 2 aromatic rings. The van der Waals surface area contributed by atoms with Gasteiger partial charge in [-0.2, -0.15) is 0 Å². The van der Waals surface area contributed by atoms with E-state index in [2.05, 4.69) is 18.6 Å². The number of amides is 2. The smallest absolute Gasteiger partial charge is 0.263 e. The van der Waals surface area contributed by atoms with Crippen molar-refractivity contribution in [3.05, 3.63) is 73.3 Å². The summed E-state index contributed by atoms with van der Waals surface area (Å²) < 4.78 is 10.9. The number of hydrogen-bond donors (Lipinski definition) is 1. The van der Waals surface area contributed by atoms with Gasteiger partial charge in [0.15, 0.2) is 0 Å². The topological polar surface area (TPSA) is 77.1 Å². The van der Waals surface area contributed by atoms with Crippen LogP contribution < -0.4 is 19.9 Å². The molecule has 2 amide bonds. The molecule has 0 aliphatic carbocycles. The van der Waals surface area contributed by atoms with Crippen molar-refractivity contribution in [1.82, 2.24) is 5.48 Å². The van der Waals surface area contributed by atoms with Crippen molar-refractivity contribution in [3.63, 3.8) is 0 Å². The standard InChI is InChI=1S/C24H26N2O5S/c1-4-12-30-19-10-11-20-21(15-19)32-22(14-17-6-8-18(29-3)9-7-17)24(28)26(20)16-23(27)25-31-13-5-2/h4-11,15,22H,1-2,12-14,16H2,3H3,(H,25,27). The van der Waals surface area contributed by atoms with E-state index >= 15 is 0 Å². The van der Waals surface area contributed by atoms with E-state index in [0.717, 1.165) is 16.2 Å². The Kier molecular flexibility index (Phi) is 8.35. The summed E-state index contributed by atoms with van der Waals surface area (Å²) in [5.41, 5.74) is 4.00. The molecule has 0 aromatic heterocycles. The zero-order valence-electron chi connectivity index (χ0n) is 17.9. The molecule has 1 unspecified atom stereocenters. The van der Waals surface area contributed by atoms with Crippen LogP contribution in [-0.4, -0.2) is 43.9 Å². The van der Waals surface area contributed by atoms with E-state index in [1.807, 2.05) is 30.3 Å². The van der Waals surface area contributed by atoms with Gasteiger partial charge in [0.2, 0.25) is 5.91 Å². The molecule has 0 radical (unpaired) electrons. The molecule has 1 heterocycles. The number of carbonyl (C=O) groups is 2. The van der Waals surface area contributed by atoms with Crippen molar-refractivity contribution in [2.24, 2.45) is 0 Å². The second-order valence-corrected chi connectivity index (χ2v) is 8.18. The Morgan fingerprint density at radius 3 is 2.53 bits per heavy atom. The predicted octanol–water partition coefficient (Wildman–Crippen LogP) is 3.54. The molecule has 3 rings (SSSR count). The van der Waals surface area contributed by atoms with Crippen LogP contribution in [0.1, 0.15) is 5.56 Å². The summed E-state index contributed by atoms with van der Waals surface area (Å²) in [6, 6.07) is 13.1. The van der Waals surface area contributed by atoms with Crippen LogP contribution in [0.5, 0.6) is 11.5 Å². The van der Waals surface area contributed by atoms with Gasteiger partial charge in [-0.3, -0.25) is 14.4 Å². The summed E-state index contributed by atoms with van der Waals surface area (Å²) in [7, 11) is 1.61. The van der Waals surface area contributed by atoms with E-state index in [1.165, 1.54) is 22.7 Å². The van der Waals surface area contributed by atoms with Gasteiger partial charge >= 0.3 is 0 Å². The van der Waals surface area contributed by atoms with Crippen LogP contribution >= 0.6 is 11.8 Å². The lowest BCUT2D eigenvalue weighted by molar-refractivity contribution is -0.132. The Hall–Kier alpha value is -3.23. The highest BCUT2D eigenvalue weighted by atomic mass is 32.2. The molecular formula is C24H26N2O5S. The van der Waals surface area contributed by atoms with Crippen molar-refractivity contribution in [2.75, 3.05) is 31.8 Å². The molecule has 1 aliphatic rings. The van der Waals surface area contributed by atoms with E-state index in [0.29, 0.717) is 24.5 Å². The molecular weight excluding hydrogens is 428 g/mol. The van der Waals surface area contributed by atoms with Crippen molar-refractivity contribution in [1.29, 1.82) is 0 Å². The van der Waals surface area contributed by atoms with Crippen molar-refractivity contribution in [2.45, 2.75) is 16.6 Å². The maximum Gasteiger partial charge on any atom is 0.263 e.